The van der Waals surface area contributed by atoms with Gasteiger partial charge in [0.2, 0.25) is 0 Å². The summed E-state index contributed by atoms with van der Waals surface area (Å²) in [7, 11) is 0. The van der Waals surface area contributed by atoms with Gasteiger partial charge in [-0.05, 0) is 44.7 Å². The molecule has 0 aliphatic carbocycles. The molecule has 0 aliphatic rings. The van der Waals surface area contributed by atoms with Gasteiger partial charge in [0.1, 0.15) is 0 Å². The number of guanidine groups is 1. The third-order valence-electron chi connectivity index (χ3n) is 3.70. The van der Waals surface area contributed by atoms with Crippen molar-refractivity contribution in [2.75, 3.05) is 13.1 Å². The van der Waals surface area contributed by atoms with E-state index in [2.05, 4.69) is 70.9 Å². The second kappa shape index (κ2) is 11.1. The molecule has 0 unspecified atom stereocenters. The van der Waals surface area contributed by atoms with Gasteiger partial charge in [-0.1, -0.05) is 29.8 Å². The Hall–Kier alpha value is -1.57. The normalized spacial score (nSPS) is 11.0. The number of aromatic nitrogens is 2. The van der Waals surface area contributed by atoms with Gasteiger partial charge in [-0.15, -0.1) is 24.0 Å². The molecule has 1 aromatic carbocycles. The van der Waals surface area contributed by atoms with Crippen molar-refractivity contribution in [2.45, 2.75) is 40.2 Å². The summed E-state index contributed by atoms with van der Waals surface area (Å²) in [6, 6.07) is 8.47. The van der Waals surface area contributed by atoms with E-state index in [1.165, 1.54) is 16.7 Å². The summed E-state index contributed by atoms with van der Waals surface area (Å²) in [5.41, 5.74) is 4.95. The second-order valence-corrected chi connectivity index (χ2v) is 5.73. The molecule has 0 spiro atoms. The summed E-state index contributed by atoms with van der Waals surface area (Å²) < 4.78 is 0. The number of hydrogen-bond acceptors (Lipinski definition) is 2. The number of aromatic amines is 1. The number of aryl methyl sites for hydroxylation is 3. The zero-order valence-corrected chi connectivity index (χ0v) is 17.1. The summed E-state index contributed by atoms with van der Waals surface area (Å²) in [6.45, 7) is 8.69. The van der Waals surface area contributed by atoms with Crippen molar-refractivity contribution in [2.24, 2.45) is 4.99 Å². The molecule has 6 heteroatoms. The van der Waals surface area contributed by atoms with Gasteiger partial charge in [0.05, 0.1) is 12.7 Å². The molecule has 0 radical (unpaired) electrons. The van der Waals surface area contributed by atoms with Gasteiger partial charge >= 0.3 is 0 Å². The van der Waals surface area contributed by atoms with Gasteiger partial charge in [-0.25, -0.2) is 4.99 Å². The van der Waals surface area contributed by atoms with Crippen LogP contribution in [0.25, 0.3) is 0 Å². The maximum Gasteiger partial charge on any atom is 0.191 e. The zero-order valence-electron chi connectivity index (χ0n) is 14.7. The van der Waals surface area contributed by atoms with Crippen molar-refractivity contribution in [1.82, 2.24) is 20.8 Å². The molecule has 2 aromatic rings. The maximum atomic E-state index is 4.65. The Morgan fingerprint density at radius 3 is 2.75 bits per heavy atom. The topological polar surface area (TPSA) is 65.1 Å². The van der Waals surface area contributed by atoms with E-state index < -0.39 is 0 Å². The van der Waals surface area contributed by atoms with E-state index in [0.29, 0.717) is 6.54 Å². The van der Waals surface area contributed by atoms with E-state index in [1.807, 2.05) is 6.20 Å². The average molecular weight is 441 g/mol. The first-order valence-electron chi connectivity index (χ1n) is 8.25. The SMILES string of the molecule is CCNC(=NCc1cccc(C)c1)NCCCc1cn[nH]c1C.I. The molecule has 24 heavy (non-hydrogen) atoms. The van der Waals surface area contributed by atoms with Crippen LogP contribution in [0.15, 0.2) is 35.5 Å². The fourth-order valence-electron chi connectivity index (χ4n) is 2.44. The highest BCUT2D eigenvalue weighted by atomic mass is 127. The Balaban J connectivity index is 0.00000288. The van der Waals surface area contributed by atoms with Gasteiger partial charge < -0.3 is 10.6 Å². The highest BCUT2D eigenvalue weighted by Crippen LogP contribution is 2.06. The first kappa shape index (κ1) is 20.5. The average Bonchev–Trinajstić information content (AvgIpc) is 2.94. The number of aliphatic imine (C=N–C) groups is 1. The summed E-state index contributed by atoms with van der Waals surface area (Å²) in [5.74, 6) is 0.873. The van der Waals surface area contributed by atoms with Crippen LogP contribution in [0, 0.1) is 13.8 Å². The van der Waals surface area contributed by atoms with Crippen LogP contribution >= 0.6 is 24.0 Å². The number of nitrogens with one attached hydrogen (secondary N) is 3. The smallest absolute Gasteiger partial charge is 0.191 e. The Kier molecular flexibility index (Phi) is 9.44. The highest BCUT2D eigenvalue weighted by molar-refractivity contribution is 14.0. The summed E-state index contributed by atoms with van der Waals surface area (Å²) in [5, 5.41) is 13.7. The lowest BCUT2D eigenvalue weighted by atomic mass is 10.1. The van der Waals surface area contributed by atoms with Crippen LogP contribution in [-0.4, -0.2) is 29.2 Å². The molecular formula is C18H28IN5. The maximum absolute atomic E-state index is 4.65. The van der Waals surface area contributed by atoms with Crippen molar-refractivity contribution >= 4 is 29.9 Å². The lowest BCUT2D eigenvalue weighted by molar-refractivity contribution is 0.742. The predicted octanol–water partition coefficient (Wildman–Crippen LogP) is 3.33. The molecular weight excluding hydrogens is 413 g/mol. The fraction of sp³-hybridized carbons (Fsp3) is 0.444. The molecule has 0 atom stereocenters. The standard InChI is InChI=1S/C18H27N5.HI/c1-4-19-18(21-12-16-8-5-7-14(2)11-16)20-10-6-9-17-13-22-23-15(17)3;/h5,7-8,11,13H,4,6,9-10,12H2,1-3H3,(H,22,23)(H2,19,20,21);1H. The van der Waals surface area contributed by atoms with E-state index >= 15 is 0 Å². The minimum Gasteiger partial charge on any atom is -0.357 e. The van der Waals surface area contributed by atoms with Crippen LogP contribution in [0.3, 0.4) is 0 Å². The van der Waals surface area contributed by atoms with Crippen LogP contribution in [-0.2, 0) is 13.0 Å². The minimum absolute atomic E-state index is 0. The minimum atomic E-state index is 0. The van der Waals surface area contributed by atoms with Gasteiger partial charge in [-0.3, -0.25) is 5.10 Å². The Morgan fingerprint density at radius 1 is 1.25 bits per heavy atom. The lowest BCUT2D eigenvalue weighted by Crippen LogP contribution is -2.37. The van der Waals surface area contributed by atoms with Gasteiger partial charge in [0.25, 0.3) is 0 Å². The Morgan fingerprint density at radius 2 is 2.08 bits per heavy atom. The molecule has 0 bridgehead atoms. The largest absolute Gasteiger partial charge is 0.357 e. The second-order valence-electron chi connectivity index (χ2n) is 5.73. The predicted molar refractivity (Wildman–Crippen MR) is 111 cm³/mol. The molecule has 0 saturated carbocycles. The van der Waals surface area contributed by atoms with Crippen molar-refractivity contribution in [3.8, 4) is 0 Å². The van der Waals surface area contributed by atoms with Crippen LogP contribution in [0.5, 0.6) is 0 Å². The summed E-state index contributed by atoms with van der Waals surface area (Å²) >= 11 is 0. The molecule has 132 valence electrons. The van der Waals surface area contributed by atoms with Crippen molar-refractivity contribution in [3.63, 3.8) is 0 Å². The molecule has 2 rings (SSSR count). The highest BCUT2D eigenvalue weighted by Gasteiger charge is 2.01. The number of benzene rings is 1. The molecule has 1 heterocycles. The van der Waals surface area contributed by atoms with E-state index in [-0.39, 0.29) is 24.0 Å². The zero-order chi connectivity index (χ0) is 16.5. The molecule has 0 fully saturated rings. The van der Waals surface area contributed by atoms with Crippen LogP contribution in [0.4, 0.5) is 0 Å². The van der Waals surface area contributed by atoms with E-state index in [1.54, 1.807) is 0 Å². The quantitative estimate of drug-likeness (QED) is 0.267. The first-order valence-corrected chi connectivity index (χ1v) is 8.25. The lowest BCUT2D eigenvalue weighted by Gasteiger charge is -2.11. The molecule has 3 N–H and O–H groups in total. The Labute approximate surface area is 161 Å². The number of H-pyrrole nitrogens is 1. The monoisotopic (exact) mass is 441 g/mol. The van der Waals surface area contributed by atoms with Crippen molar-refractivity contribution < 1.29 is 0 Å². The third kappa shape index (κ3) is 6.90. The number of hydrogen-bond donors (Lipinski definition) is 3. The molecule has 0 aliphatic heterocycles. The Bertz CT molecular complexity index is 636. The summed E-state index contributed by atoms with van der Waals surface area (Å²) in [6.07, 6.45) is 3.98. The van der Waals surface area contributed by atoms with Gasteiger partial charge in [0, 0.05) is 18.8 Å². The van der Waals surface area contributed by atoms with E-state index in [9.17, 15) is 0 Å². The number of halogens is 1. The first-order chi connectivity index (χ1) is 11.2. The van der Waals surface area contributed by atoms with E-state index in [4.69, 9.17) is 0 Å². The van der Waals surface area contributed by atoms with Crippen molar-refractivity contribution in [1.29, 1.82) is 0 Å². The summed E-state index contributed by atoms with van der Waals surface area (Å²) in [4.78, 5) is 4.65. The van der Waals surface area contributed by atoms with Crippen LogP contribution in [0.1, 0.15) is 35.7 Å². The number of rotatable bonds is 7. The molecule has 0 amide bonds. The third-order valence-corrected chi connectivity index (χ3v) is 3.70. The van der Waals surface area contributed by atoms with Crippen molar-refractivity contribution in [3.05, 3.63) is 52.8 Å². The number of nitrogens with zero attached hydrogens (tertiary/aromatic N) is 2. The molecule has 0 saturated heterocycles. The van der Waals surface area contributed by atoms with Gasteiger partial charge in [-0.2, -0.15) is 5.10 Å². The van der Waals surface area contributed by atoms with Crippen LogP contribution in [0.2, 0.25) is 0 Å². The van der Waals surface area contributed by atoms with Crippen LogP contribution < -0.4 is 10.6 Å². The molecule has 5 nitrogen and oxygen atoms in total. The van der Waals surface area contributed by atoms with E-state index in [0.717, 1.165) is 37.6 Å². The molecule has 1 aromatic heterocycles. The van der Waals surface area contributed by atoms with Gasteiger partial charge in [0.15, 0.2) is 5.96 Å². The fourth-order valence-corrected chi connectivity index (χ4v) is 2.44.